The summed E-state index contributed by atoms with van der Waals surface area (Å²) < 4.78 is 0. The molecule has 0 aliphatic heterocycles. The van der Waals surface area contributed by atoms with Crippen LogP contribution >= 0.6 is 0 Å². The summed E-state index contributed by atoms with van der Waals surface area (Å²) in [7, 11) is 0. The lowest BCUT2D eigenvalue weighted by atomic mass is 9.53. The van der Waals surface area contributed by atoms with Gasteiger partial charge in [0.2, 0.25) is 0 Å². The Morgan fingerprint density at radius 2 is 1.37 bits per heavy atom. The number of nitrogens with zero attached hydrogens (tertiary/aromatic N) is 1. The molecule has 0 bridgehead atoms. The average molecular weight is 255 g/mol. The van der Waals surface area contributed by atoms with Crippen molar-refractivity contribution in [3.8, 4) is 6.07 Å². The fraction of sp³-hybridized carbons (Fsp3) is 0.611. The van der Waals surface area contributed by atoms with E-state index in [4.69, 9.17) is 0 Å². The summed E-state index contributed by atoms with van der Waals surface area (Å²) in [6.07, 6.45) is 0. The second-order valence-corrected chi connectivity index (χ2v) is 7.35. The van der Waals surface area contributed by atoms with Crippen molar-refractivity contribution in [2.45, 2.75) is 59.3 Å². The van der Waals surface area contributed by atoms with Crippen LogP contribution in [0.5, 0.6) is 0 Å². The van der Waals surface area contributed by atoms with E-state index in [1.165, 1.54) is 11.1 Å². The van der Waals surface area contributed by atoms with Gasteiger partial charge >= 0.3 is 0 Å². The molecule has 19 heavy (non-hydrogen) atoms. The largest absolute Gasteiger partial charge is 0.192 e. The fourth-order valence-corrected chi connectivity index (χ4v) is 3.64. The highest BCUT2D eigenvalue weighted by atomic mass is 14.5. The highest BCUT2D eigenvalue weighted by Crippen LogP contribution is 2.52. The second-order valence-electron chi connectivity index (χ2n) is 7.35. The highest BCUT2D eigenvalue weighted by molar-refractivity contribution is 5.51. The second kappa shape index (κ2) is 4.10. The number of nitriles is 1. The molecule has 0 amide bonds. The van der Waals surface area contributed by atoms with Crippen LogP contribution in [0.3, 0.4) is 0 Å². The van der Waals surface area contributed by atoms with Crippen LogP contribution in [0, 0.1) is 30.1 Å². The van der Waals surface area contributed by atoms with Gasteiger partial charge in [-0.3, -0.25) is 0 Å². The molecule has 0 N–H and O–H groups in total. The third kappa shape index (κ3) is 1.81. The van der Waals surface area contributed by atoms with Crippen molar-refractivity contribution in [2.24, 2.45) is 11.8 Å². The third-order valence-corrected chi connectivity index (χ3v) is 5.90. The molecule has 1 aromatic rings. The Hall–Kier alpha value is -1.29. The van der Waals surface area contributed by atoms with Crippen LogP contribution < -0.4 is 0 Å². The minimum atomic E-state index is 0.129. The molecule has 1 aromatic carbocycles. The molecule has 102 valence electrons. The standard InChI is InChI=1S/C18H25N/c1-11-8-15-16(9-14(11)10-19)18(6,7)13(3)12(2)17(15,4)5/h8-9,12-13H,1-7H3. The first-order valence-corrected chi connectivity index (χ1v) is 7.19. The third-order valence-electron chi connectivity index (χ3n) is 5.90. The van der Waals surface area contributed by atoms with E-state index < -0.39 is 0 Å². The van der Waals surface area contributed by atoms with Crippen LogP contribution in [-0.2, 0) is 10.8 Å². The summed E-state index contributed by atoms with van der Waals surface area (Å²) in [5, 5.41) is 9.29. The monoisotopic (exact) mass is 255 g/mol. The molecule has 1 nitrogen and oxygen atoms in total. The van der Waals surface area contributed by atoms with Crippen molar-refractivity contribution in [3.63, 3.8) is 0 Å². The maximum absolute atomic E-state index is 9.29. The van der Waals surface area contributed by atoms with Crippen molar-refractivity contribution in [3.05, 3.63) is 34.4 Å². The maximum Gasteiger partial charge on any atom is 0.0994 e. The summed E-state index contributed by atoms with van der Waals surface area (Å²) in [5.41, 5.74) is 5.02. The van der Waals surface area contributed by atoms with Crippen molar-refractivity contribution < 1.29 is 0 Å². The van der Waals surface area contributed by atoms with E-state index in [9.17, 15) is 5.26 Å². The van der Waals surface area contributed by atoms with Crippen LogP contribution in [0.25, 0.3) is 0 Å². The van der Waals surface area contributed by atoms with E-state index in [1.807, 2.05) is 6.92 Å². The predicted molar refractivity (Wildman–Crippen MR) is 80.3 cm³/mol. The van der Waals surface area contributed by atoms with Gasteiger partial charge < -0.3 is 0 Å². The zero-order chi connectivity index (χ0) is 14.6. The lowest BCUT2D eigenvalue weighted by Crippen LogP contribution is -2.46. The van der Waals surface area contributed by atoms with Crippen LogP contribution in [0.15, 0.2) is 12.1 Å². The molecule has 0 saturated carbocycles. The van der Waals surface area contributed by atoms with Gasteiger partial charge in [0, 0.05) is 0 Å². The van der Waals surface area contributed by atoms with Gasteiger partial charge in [0.05, 0.1) is 11.6 Å². The van der Waals surface area contributed by atoms with Gasteiger partial charge in [-0.15, -0.1) is 0 Å². The molecule has 1 heteroatoms. The summed E-state index contributed by atoms with van der Waals surface area (Å²) in [6, 6.07) is 6.72. The van der Waals surface area contributed by atoms with Crippen LogP contribution in [0.1, 0.15) is 63.8 Å². The van der Waals surface area contributed by atoms with Gasteiger partial charge in [-0.2, -0.15) is 5.26 Å². The average Bonchev–Trinajstić information content (AvgIpc) is 2.34. The zero-order valence-corrected chi connectivity index (χ0v) is 13.3. The number of benzene rings is 1. The molecule has 0 saturated heterocycles. The molecule has 1 aliphatic carbocycles. The summed E-state index contributed by atoms with van der Waals surface area (Å²) >= 11 is 0. The first kappa shape index (κ1) is 14.1. The van der Waals surface area contributed by atoms with Crippen LogP contribution in [0.2, 0.25) is 0 Å². The SMILES string of the molecule is Cc1cc2c(cc1C#N)C(C)(C)C(C)C(C)C2(C)C. The Morgan fingerprint density at radius 1 is 0.947 bits per heavy atom. The molecule has 0 heterocycles. The molecule has 0 fully saturated rings. The highest BCUT2D eigenvalue weighted by Gasteiger charge is 2.47. The number of hydrogen-bond donors (Lipinski definition) is 0. The summed E-state index contributed by atoms with van der Waals surface area (Å²) in [6.45, 7) is 16.1. The molecule has 0 radical (unpaired) electrons. The van der Waals surface area contributed by atoms with Gasteiger partial charge in [0.15, 0.2) is 0 Å². The Bertz CT molecular complexity index is 558. The van der Waals surface area contributed by atoms with E-state index in [1.54, 1.807) is 0 Å². The zero-order valence-electron chi connectivity index (χ0n) is 13.3. The van der Waals surface area contributed by atoms with Gasteiger partial charge in [0.1, 0.15) is 0 Å². The smallest absolute Gasteiger partial charge is 0.0994 e. The molecule has 0 spiro atoms. The molecular formula is C18H25N. The first-order valence-electron chi connectivity index (χ1n) is 7.19. The Balaban J connectivity index is 2.81. The number of aryl methyl sites for hydroxylation is 1. The number of fused-ring (bicyclic) bond motifs is 1. The lowest BCUT2D eigenvalue weighted by Gasteiger charge is -2.51. The molecular weight excluding hydrogens is 230 g/mol. The maximum atomic E-state index is 9.29. The van der Waals surface area contributed by atoms with Gasteiger partial charge in [0.25, 0.3) is 0 Å². The minimum Gasteiger partial charge on any atom is -0.192 e. The van der Waals surface area contributed by atoms with E-state index in [0.717, 1.165) is 11.1 Å². The minimum absolute atomic E-state index is 0.129. The van der Waals surface area contributed by atoms with Crippen molar-refractivity contribution in [1.29, 1.82) is 5.26 Å². The molecule has 2 atom stereocenters. The Kier molecular flexibility index (Phi) is 3.05. The lowest BCUT2D eigenvalue weighted by molar-refractivity contribution is 0.144. The van der Waals surface area contributed by atoms with Crippen molar-refractivity contribution in [2.75, 3.05) is 0 Å². The Morgan fingerprint density at radius 3 is 1.79 bits per heavy atom. The topological polar surface area (TPSA) is 23.8 Å². The van der Waals surface area contributed by atoms with Gasteiger partial charge in [-0.1, -0.05) is 47.6 Å². The van der Waals surface area contributed by atoms with E-state index >= 15 is 0 Å². The molecule has 0 aromatic heterocycles. The van der Waals surface area contributed by atoms with E-state index in [0.29, 0.717) is 11.8 Å². The van der Waals surface area contributed by atoms with E-state index in [-0.39, 0.29) is 10.8 Å². The predicted octanol–water partition coefficient (Wildman–Crippen LogP) is 4.71. The Labute approximate surface area is 117 Å². The van der Waals surface area contributed by atoms with Crippen LogP contribution in [0.4, 0.5) is 0 Å². The number of rotatable bonds is 0. The quantitative estimate of drug-likeness (QED) is 0.658. The molecule has 2 rings (SSSR count). The van der Waals surface area contributed by atoms with Crippen molar-refractivity contribution >= 4 is 0 Å². The fourth-order valence-electron chi connectivity index (χ4n) is 3.64. The van der Waals surface area contributed by atoms with Gasteiger partial charge in [-0.05, 0) is 52.3 Å². The summed E-state index contributed by atoms with van der Waals surface area (Å²) in [5.74, 6) is 1.23. The van der Waals surface area contributed by atoms with Crippen molar-refractivity contribution in [1.82, 2.24) is 0 Å². The molecule has 1 aliphatic rings. The summed E-state index contributed by atoms with van der Waals surface area (Å²) in [4.78, 5) is 0. The molecule has 2 unspecified atom stereocenters. The van der Waals surface area contributed by atoms with Gasteiger partial charge in [-0.25, -0.2) is 0 Å². The normalized spacial score (nSPS) is 27.5. The number of hydrogen-bond acceptors (Lipinski definition) is 1. The van der Waals surface area contributed by atoms with E-state index in [2.05, 4.69) is 59.7 Å². The van der Waals surface area contributed by atoms with Crippen LogP contribution in [-0.4, -0.2) is 0 Å². The first-order chi connectivity index (χ1) is 8.64.